The molecule has 1 heterocycles. The van der Waals surface area contributed by atoms with Crippen LogP contribution in [0.25, 0.3) is 0 Å². The smallest absolute Gasteiger partial charge is 0.227 e. The number of amides is 2. The van der Waals surface area contributed by atoms with Gasteiger partial charge in [-0.1, -0.05) is 49.0 Å². The number of carbonyl (C=O) groups is 2. The van der Waals surface area contributed by atoms with Crippen molar-refractivity contribution in [2.24, 2.45) is 0 Å². The van der Waals surface area contributed by atoms with E-state index in [1.165, 1.54) is 30.9 Å². The summed E-state index contributed by atoms with van der Waals surface area (Å²) < 4.78 is 5.48. The van der Waals surface area contributed by atoms with Crippen molar-refractivity contribution >= 4 is 11.8 Å². The Morgan fingerprint density at radius 3 is 2.52 bits per heavy atom. The highest BCUT2D eigenvalue weighted by Crippen LogP contribution is 2.34. The Labute approximate surface area is 196 Å². The number of aryl methyl sites for hydroxylation is 3. The maximum Gasteiger partial charge on any atom is 0.227 e. The molecule has 178 valence electrons. The van der Waals surface area contributed by atoms with Crippen molar-refractivity contribution in [1.82, 2.24) is 20.8 Å². The summed E-state index contributed by atoms with van der Waals surface area (Å²) in [6.07, 6.45) is 11.4. The predicted molar refractivity (Wildman–Crippen MR) is 125 cm³/mol. The van der Waals surface area contributed by atoms with Crippen LogP contribution < -0.4 is 10.6 Å². The molecule has 2 aromatic rings. The summed E-state index contributed by atoms with van der Waals surface area (Å²) in [6, 6.07) is 6.55. The van der Waals surface area contributed by atoms with Gasteiger partial charge in [-0.15, -0.1) is 0 Å². The Morgan fingerprint density at radius 2 is 1.79 bits per heavy atom. The number of hydrogen-bond donors (Lipinski definition) is 2. The quantitative estimate of drug-likeness (QED) is 0.605. The van der Waals surface area contributed by atoms with Crippen molar-refractivity contribution < 1.29 is 14.1 Å². The zero-order chi connectivity index (χ0) is 23.3. The maximum absolute atomic E-state index is 12.6. The van der Waals surface area contributed by atoms with Crippen molar-refractivity contribution in [3.63, 3.8) is 0 Å². The third kappa shape index (κ3) is 5.81. The van der Waals surface area contributed by atoms with E-state index in [1.54, 1.807) is 0 Å². The molecule has 0 bridgehead atoms. The first-order valence-corrected chi connectivity index (χ1v) is 12.5. The van der Waals surface area contributed by atoms with Gasteiger partial charge in [-0.2, -0.15) is 4.98 Å². The minimum absolute atomic E-state index is 0.0361. The molecule has 1 fully saturated rings. The van der Waals surface area contributed by atoms with E-state index in [0.29, 0.717) is 18.1 Å². The van der Waals surface area contributed by atoms with Crippen molar-refractivity contribution in [3.05, 3.63) is 46.6 Å². The van der Waals surface area contributed by atoms with Crippen LogP contribution in [0.2, 0.25) is 0 Å². The summed E-state index contributed by atoms with van der Waals surface area (Å²) in [7, 11) is 0. The molecule has 2 amide bonds. The van der Waals surface area contributed by atoms with Crippen LogP contribution in [0.1, 0.15) is 106 Å². The van der Waals surface area contributed by atoms with E-state index in [-0.39, 0.29) is 24.3 Å². The lowest BCUT2D eigenvalue weighted by Crippen LogP contribution is -2.45. The molecule has 7 heteroatoms. The molecule has 1 aromatic heterocycles. The van der Waals surface area contributed by atoms with Crippen LogP contribution in [0.3, 0.4) is 0 Å². The fourth-order valence-electron chi connectivity index (χ4n) is 5.26. The Morgan fingerprint density at radius 1 is 1.06 bits per heavy atom. The second kappa shape index (κ2) is 10.5. The van der Waals surface area contributed by atoms with E-state index < -0.39 is 5.54 Å². The molecular formula is C26H36N4O3. The van der Waals surface area contributed by atoms with Gasteiger partial charge in [0.2, 0.25) is 17.7 Å². The number of rotatable bonds is 7. The number of aromatic nitrogens is 2. The normalized spacial score (nSPS) is 18.6. The topological polar surface area (TPSA) is 97.1 Å². The largest absolute Gasteiger partial charge is 0.350 e. The summed E-state index contributed by atoms with van der Waals surface area (Å²) in [5.41, 5.74) is 3.45. The molecule has 0 spiro atoms. The number of nitrogens with zero attached hydrogens (tertiary/aromatic N) is 2. The fraction of sp³-hybridized carbons (Fsp3) is 0.615. The predicted octanol–water partition coefficient (Wildman–Crippen LogP) is 4.44. The van der Waals surface area contributed by atoms with E-state index >= 15 is 0 Å². The molecular weight excluding hydrogens is 416 g/mol. The molecule has 4 rings (SSSR count). The third-order valence-corrected chi connectivity index (χ3v) is 7.08. The first kappa shape index (κ1) is 23.5. The van der Waals surface area contributed by atoms with Gasteiger partial charge in [-0.25, -0.2) is 0 Å². The van der Waals surface area contributed by atoms with Gasteiger partial charge in [0.05, 0.1) is 6.04 Å². The molecule has 2 aliphatic rings. The minimum Gasteiger partial charge on any atom is -0.350 e. The van der Waals surface area contributed by atoms with Gasteiger partial charge in [0, 0.05) is 19.8 Å². The van der Waals surface area contributed by atoms with Gasteiger partial charge < -0.3 is 15.2 Å². The molecule has 33 heavy (non-hydrogen) atoms. The van der Waals surface area contributed by atoms with Crippen molar-refractivity contribution in [2.45, 2.75) is 102 Å². The highest BCUT2D eigenvalue weighted by atomic mass is 16.5. The number of carbonyl (C=O) groups excluding carboxylic acids is 2. The van der Waals surface area contributed by atoms with Crippen LogP contribution in [0.4, 0.5) is 0 Å². The zero-order valence-corrected chi connectivity index (χ0v) is 19.9. The van der Waals surface area contributed by atoms with E-state index in [4.69, 9.17) is 4.52 Å². The Bertz CT molecular complexity index is 976. The summed E-state index contributed by atoms with van der Waals surface area (Å²) in [5, 5.41) is 10.4. The van der Waals surface area contributed by atoms with Crippen LogP contribution in [-0.4, -0.2) is 22.0 Å². The molecule has 0 saturated heterocycles. The molecule has 1 atom stereocenters. The van der Waals surface area contributed by atoms with Crippen molar-refractivity contribution in [2.75, 3.05) is 0 Å². The van der Waals surface area contributed by atoms with Crippen LogP contribution in [-0.2, 0) is 34.4 Å². The maximum atomic E-state index is 12.6. The highest BCUT2D eigenvalue weighted by Gasteiger charge is 2.38. The lowest BCUT2D eigenvalue weighted by molar-refractivity contribution is -0.122. The van der Waals surface area contributed by atoms with Crippen LogP contribution >= 0.6 is 0 Å². The summed E-state index contributed by atoms with van der Waals surface area (Å²) in [5.74, 6) is 0.859. The van der Waals surface area contributed by atoms with E-state index in [0.717, 1.165) is 56.9 Å². The molecule has 0 radical (unpaired) electrons. The van der Waals surface area contributed by atoms with Crippen LogP contribution in [0, 0.1) is 0 Å². The van der Waals surface area contributed by atoms with E-state index in [1.807, 2.05) is 6.92 Å². The van der Waals surface area contributed by atoms with E-state index in [2.05, 4.69) is 39.0 Å². The van der Waals surface area contributed by atoms with Crippen molar-refractivity contribution in [3.8, 4) is 0 Å². The Balaban J connectivity index is 1.34. The monoisotopic (exact) mass is 452 g/mol. The summed E-state index contributed by atoms with van der Waals surface area (Å²) in [4.78, 5) is 29.1. The molecule has 7 nitrogen and oxygen atoms in total. The molecule has 2 aliphatic carbocycles. The lowest BCUT2D eigenvalue weighted by Gasteiger charge is -2.30. The van der Waals surface area contributed by atoms with Gasteiger partial charge in [-0.05, 0) is 62.1 Å². The van der Waals surface area contributed by atoms with Crippen molar-refractivity contribution in [1.29, 1.82) is 0 Å². The second-order valence-corrected chi connectivity index (χ2v) is 9.71. The SMILES string of the molecule is CC(=O)NC1(c2noc(CCC(=O)NC(C)c3ccc4c(c3)CCCC4)n2)CCCCCC1. The van der Waals surface area contributed by atoms with Gasteiger partial charge in [-0.3, -0.25) is 9.59 Å². The average Bonchev–Trinajstić information content (AvgIpc) is 3.17. The van der Waals surface area contributed by atoms with Gasteiger partial charge in [0.25, 0.3) is 0 Å². The molecule has 1 aromatic carbocycles. The summed E-state index contributed by atoms with van der Waals surface area (Å²) in [6.45, 7) is 3.55. The first-order valence-electron chi connectivity index (χ1n) is 12.5. The summed E-state index contributed by atoms with van der Waals surface area (Å²) >= 11 is 0. The molecule has 1 saturated carbocycles. The third-order valence-electron chi connectivity index (χ3n) is 7.08. The van der Waals surface area contributed by atoms with Crippen LogP contribution in [0.5, 0.6) is 0 Å². The molecule has 2 N–H and O–H groups in total. The standard InChI is InChI=1S/C26H36N4O3/c1-18(21-12-11-20-9-5-6-10-22(20)17-21)27-23(32)13-14-24-28-25(30-33-24)26(29-19(2)31)15-7-3-4-8-16-26/h11-12,17-18H,3-10,13-16H2,1-2H3,(H,27,32)(H,29,31). The second-order valence-electron chi connectivity index (χ2n) is 9.71. The van der Waals surface area contributed by atoms with E-state index in [9.17, 15) is 9.59 Å². The Hall–Kier alpha value is -2.70. The highest BCUT2D eigenvalue weighted by molar-refractivity contribution is 5.76. The Kier molecular flexibility index (Phi) is 7.46. The molecule has 1 unspecified atom stereocenters. The fourth-order valence-corrected chi connectivity index (χ4v) is 5.26. The van der Waals surface area contributed by atoms with Gasteiger partial charge in [0.1, 0.15) is 5.54 Å². The zero-order valence-electron chi connectivity index (χ0n) is 19.9. The van der Waals surface area contributed by atoms with Crippen LogP contribution in [0.15, 0.2) is 22.7 Å². The number of hydrogen-bond acceptors (Lipinski definition) is 5. The molecule has 0 aliphatic heterocycles. The lowest BCUT2D eigenvalue weighted by atomic mass is 9.89. The average molecular weight is 453 g/mol. The number of fused-ring (bicyclic) bond motifs is 1. The van der Waals surface area contributed by atoms with Gasteiger partial charge >= 0.3 is 0 Å². The number of benzene rings is 1. The first-order chi connectivity index (χ1) is 15.9. The minimum atomic E-state index is -0.562. The number of nitrogens with one attached hydrogen (secondary N) is 2. The van der Waals surface area contributed by atoms with Gasteiger partial charge in [0.15, 0.2) is 5.82 Å².